The molecule has 0 radical (unpaired) electrons. The summed E-state index contributed by atoms with van der Waals surface area (Å²) < 4.78 is 7.03. The summed E-state index contributed by atoms with van der Waals surface area (Å²) in [7, 11) is 3.28. The number of ether oxygens (including phenoxy) is 1. The highest BCUT2D eigenvalue weighted by Gasteiger charge is 2.30. The number of carbonyl (C=O) groups is 1. The molecule has 1 saturated heterocycles. The van der Waals surface area contributed by atoms with Gasteiger partial charge in [-0.15, -0.1) is 0 Å². The molecule has 1 aliphatic heterocycles. The summed E-state index contributed by atoms with van der Waals surface area (Å²) in [4.78, 5) is 31.9. The summed E-state index contributed by atoms with van der Waals surface area (Å²) in [6.45, 7) is 3.15. The van der Waals surface area contributed by atoms with Gasteiger partial charge in [-0.1, -0.05) is 6.07 Å². The third-order valence-electron chi connectivity index (χ3n) is 6.15. The van der Waals surface area contributed by atoms with E-state index in [1.807, 2.05) is 12.1 Å². The third kappa shape index (κ3) is 4.08. The highest BCUT2D eigenvalue weighted by Crippen LogP contribution is 2.34. The van der Waals surface area contributed by atoms with Crippen LogP contribution in [0.4, 0.5) is 17.2 Å². The van der Waals surface area contributed by atoms with Crippen LogP contribution in [0.1, 0.15) is 31.2 Å². The molecule has 5 rings (SSSR count). The lowest BCUT2D eigenvalue weighted by atomic mass is 10.1. The highest BCUT2D eigenvalue weighted by molar-refractivity contribution is 5.98. The van der Waals surface area contributed by atoms with Gasteiger partial charge in [0.2, 0.25) is 5.91 Å². The molecule has 1 amide bonds. The molecule has 0 bridgehead atoms. The van der Waals surface area contributed by atoms with Gasteiger partial charge in [0.1, 0.15) is 17.0 Å². The normalized spacial score (nSPS) is 16.4. The zero-order valence-electron chi connectivity index (χ0n) is 18.4. The number of amides is 1. The Morgan fingerprint density at radius 1 is 1.22 bits per heavy atom. The van der Waals surface area contributed by atoms with Crippen LogP contribution < -0.4 is 20.9 Å². The smallest absolute Gasteiger partial charge is 0.277 e. The van der Waals surface area contributed by atoms with Crippen LogP contribution in [0, 0.1) is 5.92 Å². The molecule has 9 heteroatoms. The number of fused-ring (bicyclic) bond motifs is 1. The molecule has 1 saturated carbocycles. The van der Waals surface area contributed by atoms with Crippen LogP contribution in [-0.4, -0.2) is 45.8 Å². The number of aryl methyl sites for hydroxylation is 1. The summed E-state index contributed by atoms with van der Waals surface area (Å²) in [5.41, 5.74) is 2.71. The van der Waals surface area contributed by atoms with Gasteiger partial charge in [0.05, 0.1) is 18.5 Å². The van der Waals surface area contributed by atoms with E-state index in [2.05, 4.69) is 31.7 Å². The quantitative estimate of drug-likeness (QED) is 0.526. The Morgan fingerprint density at radius 3 is 2.72 bits per heavy atom. The Kier molecular flexibility index (Phi) is 5.34. The summed E-state index contributed by atoms with van der Waals surface area (Å²) in [5.74, 6) is 1.12. The van der Waals surface area contributed by atoms with E-state index < -0.39 is 0 Å². The first-order valence-electron chi connectivity index (χ1n) is 11.1. The van der Waals surface area contributed by atoms with Crippen LogP contribution in [0.25, 0.3) is 11.0 Å². The Labute approximate surface area is 185 Å². The number of nitrogens with one attached hydrogen (secondary N) is 3. The van der Waals surface area contributed by atoms with Gasteiger partial charge in [-0.05, 0) is 56.5 Å². The van der Waals surface area contributed by atoms with Crippen molar-refractivity contribution < 1.29 is 9.53 Å². The molecule has 168 valence electrons. The van der Waals surface area contributed by atoms with Crippen molar-refractivity contribution in [3.63, 3.8) is 0 Å². The second-order valence-corrected chi connectivity index (χ2v) is 8.66. The standard InChI is InChI=1S/C23H28N6O3/c1-28-23(31)20-17(12-19(25-21(20)27-28)26-22(30)15-6-7-15)24-16-8-5-14(11-18(16)32-2)13-29-9-3-4-10-29/h5,8,11-12,15H,3-4,6-7,9-10,13H2,1-2H3,(H3,24,25,26,27,30). The van der Waals surface area contributed by atoms with Crippen molar-refractivity contribution in [3.8, 4) is 5.75 Å². The van der Waals surface area contributed by atoms with Gasteiger partial charge < -0.3 is 15.4 Å². The van der Waals surface area contributed by atoms with Crippen molar-refractivity contribution in [2.75, 3.05) is 30.8 Å². The minimum atomic E-state index is -0.195. The van der Waals surface area contributed by atoms with E-state index in [0.717, 1.165) is 38.2 Å². The van der Waals surface area contributed by atoms with Crippen molar-refractivity contribution in [3.05, 3.63) is 40.2 Å². The van der Waals surface area contributed by atoms with Crippen LogP contribution in [0.15, 0.2) is 29.1 Å². The second-order valence-electron chi connectivity index (χ2n) is 8.66. The van der Waals surface area contributed by atoms with Crippen LogP contribution >= 0.6 is 0 Å². The van der Waals surface area contributed by atoms with Gasteiger partial charge in [0.25, 0.3) is 5.56 Å². The zero-order chi connectivity index (χ0) is 22.2. The van der Waals surface area contributed by atoms with Crippen molar-refractivity contribution in [2.24, 2.45) is 13.0 Å². The largest absolute Gasteiger partial charge is 0.495 e. The topological polar surface area (TPSA) is 104 Å². The Hall–Kier alpha value is -3.33. The molecular formula is C23H28N6O3. The monoisotopic (exact) mass is 436 g/mol. The molecule has 1 aromatic carbocycles. The summed E-state index contributed by atoms with van der Waals surface area (Å²) >= 11 is 0. The van der Waals surface area contributed by atoms with Crippen LogP contribution in [0.2, 0.25) is 0 Å². The summed E-state index contributed by atoms with van der Waals surface area (Å²) in [6, 6.07) is 7.78. The number of benzene rings is 1. The minimum absolute atomic E-state index is 0.0371. The number of hydrogen-bond acceptors (Lipinski definition) is 6. The summed E-state index contributed by atoms with van der Waals surface area (Å²) in [5, 5.41) is 9.59. The minimum Gasteiger partial charge on any atom is -0.495 e. The number of carbonyl (C=O) groups excluding carboxylic acids is 1. The zero-order valence-corrected chi connectivity index (χ0v) is 18.4. The van der Waals surface area contributed by atoms with Crippen LogP contribution in [-0.2, 0) is 18.4 Å². The molecule has 2 aliphatic rings. The van der Waals surface area contributed by atoms with E-state index in [9.17, 15) is 9.59 Å². The lowest BCUT2D eigenvalue weighted by molar-refractivity contribution is -0.117. The Morgan fingerprint density at radius 2 is 2.00 bits per heavy atom. The third-order valence-corrected chi connectivity index (χ3v) is 6.15. The molecule has 0 unspecified atom stereocenters. The molecule has 3 aromatic rings. The molecule has 32 heavy (non-hydrogen) atoms. The van der Waals surface area contributed by atoms with Gasteiger partial charge in [0, 0.05) is 25.6 Å². The number of H-pyrrole nitrogens is 1. The number of pyridine rings is 1. The number of anilines is 3. The molecule has 2 fully saturated rings. The van der Waals surface area contributed by atoms with Gasteiger partial charge in [-0.25, -0.2) is 4.98 Å². The van der Waals surface area contributed by atoms with Gasteiger partial charge in [0.15, 0.2) is 5.65 Å². The van der Waals surface area contributed by atoms with Crippen LogP contribution in [0.3, 0.4) is 0 Å². The number of likely N-dealkylation sites (tertiary alicyclic amines) is 1. The first-order chi connectivity index (χ1) is 15.5. The van der Waals surface area contributed by atoms with Gasteiger partial charge >= 0.3 is 0 Å². The molecule has 1 aliphatic carbocycles. The first kappa shape index (κ1) is 20.6. The summed E-state index contributed by atoms with van der Waals surface area (Å²) in [6.07, 6.45) is 4.31. The van der Waals surface area contributed by atoms with E-state index >= 15 is 0 Å². The predicted molar refractivity (Wildman–Crippen MR) is 123 cm³/mol. The van der Waals surface area contributed by atoms with E-state index in [4.69, 9.17) is 4.74 Å². The number of nitrogens with zero attached hydrogens (tertiary/aromatic N) is 3. The molecule has 2 aromatic heterocycles. The van der Waals surface area contributed by atoms with E-state index in [0.29, 0.717) is 28.3 Å². The fourth-order valence-corrected chi connectivity index (χ4v) is 4.24. The molecule has 0 spiro atoms. The molecule has 0 atom stereocenters. The van der Waals surface area contributed by atoms with E-state index in [1.165, 1.54) is 23.1 Å². The fraction of sp³-hybridized carbons (Fsp3) is 0.435. The van der Waals surface area contributed by atoms with Gasteiger partial charge in [-0.2, -0.15) is 0 Å². The number of rotatable bonds is 7. The van der Waals surface area contributed by atoms with Crippen molar-refractivity contribution in [2.45, 2.75) is 32.2 Å². The Balaban J connectivity index is 1.47. The lowest BCUT2D eigenvalue weighted by Gasteiger charge is -2.17. The average Bonchev–Trinajstić information content (AvgIpc) is 3.44. The maximum Gasteiger partial charge on any atom is 0.277 e. The SMILES string of the molecule is COc1cc(CN2CCCC2)ccc1Nc1cc(NC(=O)C2CC2)nc2[nH]n(C)c(=O)c12. The number of aromatic amines is 1. The average molecular weight is 437 g/mol. The maximum atomic E-state index is 12.7. The fourth-order valence-electron chi connectivity index (χ4n) is 4.24. The van der Waals surface area contributed by atoms with Gasteiger partial charge in [-0.3, -0.25) is 24.3 Å². The Bertz CT molecular complexity index is 1220. The molecule has 3 N–H and O–H groups in total. The van der Waals surface area contributed by atoms with Crippen molar-refractivity contribution in [1.29, 1.82) is 0 Å². The molecule has 3 heterocycles. The number of methoxy groups -OCH3 is 1. The molecular weight excluding hydrogens is 408 g/mol. The number of aromatic nitrogens is 3. The first-order valence-corrected chi connectivity index (χ1v) is 11.1. The maximum absolute atomic E-state index is 12.7. The lowest BCUT2D eigenvalue weighted by Crippen LogP contribution is -2.18. The van der Waals surface area contributed by atoms with E-state index in [-0.39, 0.29) is 17.4 Å². The second kappa shape index (κ2) is 8.31. The van der Waals surface area contributed by atoms with Crippen molar-refractivity contribution >= 4 is 34.1 Å². The highest BCUT2D eigenvalue weighted by atomic mass is 16.5. The van der Waals surface area contributed by atoms with Crippen LogP contribution in [0.5, 0.6) is 5.75 Å². The van der Waals surface area contributed by atoms with E-state index in [1.54, 1.807) is 20.2 Å². The number of hydrogen-bond donors (Lipinski definition) is 3. The predicted octanol–water partition coefficient (Wildman–Crippen LogP) is 2.96. The van der Waals surface area contributed by atoms with Crippen molar-refractivity contribution in [1.82, 2.24) is 19.7 Å². The molecule has 9 nitrogen and oxygen atoms in total.